The number of cyclic esters (lactones) is 1. The molecule has 3 heterocycles. The van der Waals surface area contributed by atoms with Crippen LogP contribution in [0, 0.1) is 34.0 Å². The van der Waals surface area contributed by atoms with Gasteiger partial charge in [0.25, 0.3) is 0 Å². The lowest BCUT2D eigenvalue weighted by Gasteiger charge is -2.54. The molecule has 12 unspecified atom stereocenters. The first-order chi connectivity index (χ1) is 18.7. The van der Waals surface area contributed by atoms with Crippen molar-refractivity contribution in [3.8, 4) is 0 Å². The predicted molar refractivity (Wildman–Crippen MR) is 131 cm³/mol. The summed E-state index contributed by atoms with van der Waals surface area (Å²) in [5.74, 6) is -5.20. The minimum atomic E-state index is -1.70. The van der Waals surface area contributed by atoms with Gasteiger partial charge in [0, 0.05) is 40.6 Å². The van der Waals surface area contributed by atoms with Crippen LogP contribution in [0.1, 0.15) is 65.0 Å². The maximum Gasteiger partial charge on any atom is 0.335 e. The van der Waals surface area contributed by atoms with Crippen LogP contribution >= 0.6 is 0 Å². The molecule has 1 aromatic heterocycles. The number of hydrogen-bond acceptors (Lipinski definition) is 11. The lowest BCUT2D eigenvalue weighted by molar-refractivity contribution is -0.186. The number of methoxy groups -OCH3 is 1. The van der Waals surface area contributed by atoms with Crippen molar-refractivity contribution < 1.29 is 52.8 Å². The molecule has 0 radical (unpaired) electrons. The van der Waals surface area contributed by atoms with Crippen molar-refractivity contribution in [1.29, 1.82) is 0 Å². The molecule has 11 heteroatoms. The molecule has 216 valence electrons. The van der Waals surface area contributed by atoms with E-state index >= 15 is 0 Å². The lowest BCUT2D eigenvalue weighted by atomic mass is 9.48. The molecule has 2 spiro atoms. The summed E-state index contributed by atoms with van der Waals surface area (Å²) >= 11 is 0. The van der Waals surface area contributed by atoms with E-state index in [2.05, 4.69) is 0 Å². The van der Waals surface area contributed by atoms with Gasteiger partial charge in [-0.1, -0.05) is 20.8 Å². The maximum atomic E-state index is 14.4. The Morgan fingerprint density at radius 3 is 2.55 bits per heavy atom. The van der Waals surface area contributed by atoms with Crippen LogP contribution in [0.3, 0.4) is 0 Å². The maximum absolute atomic E-state index is 14.4. The third-order valence-corrected chi connectivity index (χ3v) is 12.2. The summed E-state index contributed by atoms with van der Waals surface area (Å²) in [6, 6.07) is 1.73. The average molecular weight is 559 g/mol. The first-order valence-corrected chi connectivity index (χ1v) is 13.8. The first-order valence-electron chi connectivity index (χ1n) is 13.8. The number of fused-ring (bicyclic) bond motifs is 2. The molecule has 1 aromatic rings. The van der Waals surface area contributed by atoms with Crippen molar-refractivity contribution in [3.63, 3.8) is 0 Å². The molecular formula is C29H34O11. The number of epoxide rings is 1. The number of aliphatic hydroxyl groups excluding tert-OH is 2. The molecule has 6 fully saturated rings. The molecule has 0 aromatic carbocycles. The number of ether oxygens (including phenoxy) is 4. The fourth-order valence-electron chi connectivity index (χ4n) is 11.0. The minimum absolute atomic E-state index is 0.0381. The van der Waals surface area contributed by atoms with Crippen molar-refractivity contribution in [2.24, 2.45) is 34.0 Å². The van der Waals surface area contributed by atoms with E-state index < -0.39 is 92.8 Å². The summed E-state index contributed by atoms with van der Waals surface area (Å²) < 4.78 is 29.2. The van der Waals surface area contributed by atoms with Gasteiger partial charge < -0.3 is 33.6 Å². The molecule has 11 nitrogen and oxygen atoms in total. The summed E-state index contributed by atoms with van der Waals surface area (Å²) in [6.07, 6.45) is -0.0452. The Morgan fingerprint density at radius 2 is 1.93 bits per heavy atom. The highest BCUT2D eigenvalue weighted by molar-refractivity contribution is 5.94. The standard InChI is InChI=1S/C29H34O11/c1-13(30)39-27-12-24(2)19(18(33)23(35)36-5)26(27,4)15-6-8-25(3)22(14-7-9-37-11-14)38-16(31)10-28(25)29(15,40-28)20(27)17(32)21(24)34/h7,9,11,15,18-22,33-34H,6,8,10,12H2,1-5H3. The fourth-order valence-corrected chi connectivity index (χ4v) is 11.0. The molecule has 4 aliphatic carbocycles. The second kappa shape index (κ2) is 7.35. The van der Waals surface area contributed by atoms with E-state index in [1.165, 1.54) is 19.5 Å². The van der Waals surface area contributed by atoms with Gasteiger partial charge in [0.05, 0.1) is 32.0 Å². The van der Waals surface area contributed by atoms with Crippen molar-refractivity contribution >= 4 is 23.7 Å². The van der Waals surface area contributed by atoms with E-state index in [1.54, 1.807) is 13.0 Å². The monoisotopic (exact) mass is 558 g/mol. The number of Topliss-reactive ketones (excluding diaryl/α,β-unsaturated/α-hetero) is 1. The summed E-state index contributed by atoms with van der Waals surface area (Å²) in [4.78, 5) is 53.2. The van der Waals surface area contributed by atoms with E-state index in [0.29, 0.717) is 18.4 Å². The fraction of sp³-hybridized carbons (Fsp3) is 0.724. The predicted octanol–water partition coefficient (Wildman–Crippen LogP) is 1.63. The van der Waals surface area contributed by atoms with Gasteiger partial charge >= 0.3 is 17.9 Å². The van der Waals surface area contributed by atoms with Gasteiger partial charge in [-0.15, -0.1) is 0 Å². The Morgan fingerprint density at radius 1 is 1.20 bits per heavy atom. The number of ketones is 1. The number of esters is 3. The Balaban J connectivity index is 1.48. The normalized spacial score (nSPS) is 52.1. The van der Waals surface area contributed by atoms with Crippen molar-refractivity contribution in [3.05, 3.63) is 24.2 Å². The van der Waals surface area contributed by atoms with Crippen LogP contribution in [0.15, 0.2) is 23.0 Å². The number of hydrogen-bond donors (Lipinski definition) is 2. The van der Waals surface area contributed by atoms with Crippen molar-refractivity contribution in [1.82, 2.24) is 0 Å². The molecule has 4 saturated carbocycles. The number of carbonyl (C=O) groups is 4. The summed E-state index contributed by atoms with van der Waals surface area (Å²) in [7, 11) is 1.16. The van der Waals surface area contributed by atoms with Gasteiger partial charge in [-0.2, -0.15) is 0 Å². The van der Waals surface area contributed by atoms with Crippen LogP contribution < -0.4 is 0 Å². The summed E-state index contributed by atoms with van der Waals surface area (Å²) in [5.41, 5.74) is -6.54. The van der Waals surface area contributed by atoms with Crippen molar-refractivity contribution in [2.45, 2.75) is 88.5 Å². The van der Waals surface area contributed by atoms with Gasteiger partial charge in [-0.25, -0.2) is 4.79 Å². The number of rotatable bonds is 4. The highest BCUT2D eigenvalue weighted by atomic mass is 16.7. The lowest BCUT2D eigenvalue weighted by Crippen LogP contribution is -2.64. The number of furan rings is 1. The van der Waals surface area contributed by atoms with E-state index in [-0.39, 0.29) is 12.8 Å². The third kappa shape index (κ3) is 2.40. The Bertz CT molecular complexity index is 1360. The van der Waals surface area contributed by atoms with E-state index in [0.717, 1.165) is 7.11 Å². The van der Waals surface area contributed by atoms with Crippen LogP contribution in [-0.2, 0) is 38.1 Å². The van der Waals surface area contributed by atoms with Gasteiger partial charge in [-0.3, -0.25) is 14.4 Å². The van der Waals surface area contributed by atoms with Gasteiger partial charge in [0.15, 0.2) is 11.9 Å². The highest BCUT2D eigenvalue weighted by Gasteiger charge is 3.00. The van der Waals surface area contributed by atoms with Crippen LogP contribution in [-0.4, -0.2) is 70.0 Å². The van der Waals surface area contributed by atoms with Gasteiger partial charge in [0.1, 0.15) is 29.0 Å². The zero-order valence-electron chi connectivity index (χ0n) is 23.1. The van der Waals surface area contributed by atoms with Gasteiger partial charge in [0.2, 0.25) is 0 Å². The SMILES string of the molecule is COC(=O)C(O)C1C2(C)CC3(OC(C)=O)C(C(=O)C2O)C24OC25CC(=O)OC(c2ccoc2)C5(C)CCC4C13C. The second-order valence-electron chi connectivity index (χ2n) is 13.5. The first kappa shape index (κ1) is 26.2. The van der Waals surface area contributed by atoms with Crippen LogP contribution in [0.25, 0.3) is 0 Å². The average Bonchev–Trinajstić information content (AvgIpc) is 3.14. The van der Waals surface area contributed by atoms with Crippen LogP contribution in [0.5, 0.6) is 0 Å². The van der Waals surface area contributed by atoms with Gasteiger partial charge in [-0.05, 0) is 25.3 Å². The number of aliphatic hydroxyl groups is 2. The van der Waals surface area contributed by atoms with E-state index in [1.807, 2.05) is 13.8 Å². The van der Waals surface area contributed by atoms with Crippen molar-refractivity contribution in [2.75, 3.05) is 7.11 Å². The summed E-state index contributed by atoms with van der Waals surface area (Å²) in [6.45, 7) is 6.73. The quantitative estimate of drug-likeness (QED) is 0.314. The Labute approximate surface area is 230 Å². The molecule has 12 atom stereocenters. The Kier molecular flexibility index (Phi) is 4.81. The molecule has 2 aliphatic heterocycles. The molecular weight excluding hydrogens is 524 g/mol. The molecule has 6 aliphatic rings. The largest absolute Gasteiger partial charge is 0.472 e. The second-order valence-corrected chi connectivity index (χ2v) is 13.5. The number of carbonyl (C=O) groups excluding carboxylic acids is 4. The zero-order valence-corrected chi connectivity index (χ0v) is 23.1. The zero-order chi connectivity index (χ0) is 28.8. The third-order valence-electron chi connectivity index (χ3n) is 12.2. The molecule has 2 N–H and O–H groups in total. The minimum Gasteiger partial charge on any atom is -0.472 e. The van der Waals surface area contributed by atoms with E-state index in [4.69, 9.17) is 23.4 Å². The topological polar surface area (TPSA) is 162 Å². The van der Waals surface area contributed by atoms with Crippen LogP contribution in [0.4, 0.5) is 0 Å². The highest BCUT2D eigenvalue weighted by Crippen LogP contribution is 2.89. The molecule has 40 heavy (non-hydrogen) atoms. The molecule has 7 rings (SSSR count). The molecule has 0 amide bonds. The molecule has 2 saturated heterocycles. The van der Waals surface area contributed by atoms with Crippen LogP contribution in [0.2, 0.25) is 0 Å². The summed E-state index contributed by atoms with van der Waals surface area (Å²) in [5, 5.41) is 23.1. The molecule has 2 bridgehead atoms. The Hall–Kier alpha value is -2.76. The smallest absolute Gasteiger partial charge is 0.335 e. The van der Waals surface area contributed by atoms with E-state index in [9.17, 15) is 29.4 Å².